The monoisotopic (exact) mass is 653 g/mol. The van der Waals surface area contributed by atoms with Gasteiger partial charge in [-0.1, -0.05) is 66.5 Å². The average Bonchev–Trinajstić information content (AvgIpc) is 3.72. The Balaban J connectivity index is 0.00000236. The molecule has 2 saturated heterocycles. The van der Waals surface area contributed by atoms with Gasteiger partial charge in [-0.25, -0.2) is 9.59 Å². The van der Waals surface area contributed by atoms with Crippen LogP contribution in [0.1, 0.15) is 100 Å². The largest absolute Gasteiger partial charge is 0.461 e. The standard InChI is InChI=1S/C29H47N5O9.C3H8/c1-7-10-19(18(8-2)23(30)35)31-24(36)21-14-29(13-20(33-43-29)26(38)41-9-3)16-34(21)25(37)22(28(4,5)6)32-27(39)42-17-11-12-40-15-17;1-3-2/h17-19,21-22H,7-16H2,1-6H3,(H2,30,35)(H,31,36)(H,32,39);3H2,1-2H3/t17-,18?,19-,21?,22?,29+;/m0./s1. The number of likely N-dealkylation sites (tertiary alicyclic amines) is 1. The molecule has 3 heterocycles. The highest BCUT2D eigenvalue weighted by Gasteiger charge is 2.56. The summed E-state index contributed by atoms with van der Waals surface area (Å²) in [6, 6.07) is -2.65. The number of carbonyl (C=O) groups is 5. The summed E-state index contributed by atoms with van der Waals surface area (Å²) in [6.45, 7) is 15.9. The molecule has 0 aromatic rings. The van der Waals surface area contributed by atoms with Crippen LogP contribution in [0.2, 0.25) is 0 Å². The molecule has 0 aromatic heterocycles. The number of amides is 4. The van der Waals surface area contributed by atoms with E-state index in [1.807, 2.05) is 13.8 Å². The van der Waals surface area contributed by atoms with Gasteiger partial charge in [0.05, 0.1) is 32.3 Å². The van der Waals surface area contributed by atoms with Crippen LogP contribution in [-0.2, 0) is 38.2 Å². The molecule has 1 spiro atoms. The molecule has 3 aliphatic rings. The molecule has 0 aromatic carbocycles. The van der Waals surface area contributed by atoms with E-state index in [9.17, 15) is 24.0 Å². The van der Waals surface area contributed by atoms with Crippen LogP contribution >= 0.6 is 0 Å². The summed E-state index contributed by atoms with van der Waals surface area (Å²) >= 11 is 0. The zero-order valence-electron chi connectivity index (χ0n) is 28.8. The number of nitrogens with two attached hydrogens (primary N) is 1. The van der Waals surface area contributed by atoms with E-state index in [1.165, 1.54) is 11.3 Å². The van der Waals surface area contributed by atoms with Crippen LogP contribution in [-0.4, -0.2) is 96.6 Å². The lowest BCUT2D eigenvalue weighted by atomic mass is 9.85. The van der Waals surface area contributed by atoms with Gasteiger partial charge in [0.1, 0.15) is 18.2 Å². The summed E-state index contributed by atoms with van der Waals surface area (Å²) in [7, 11) is 0. The van der Waals surface area contributed by atoms with E-state index >= 15 is 0 Å². The Morgan fingerprint density at radius 1 is 1.11 bits per heavy atom. The van der Waals surface area contributed by atoms with Crippen LogP contribution in [0.4, 0.5) is 4.79 Å². The number of ether oxygens (including phenoxy) is 3. The molecule has 0 saturated carbocycles. The van der Waals surface area contributed by atoms with Crippen molar-refractivity contribution in [3.8, 4) is 0 Å². The number of primary amides is 1. The number of oxime groups is 1. The molecule has 14 heteroatoms. The van der Waals surface area contributed by atoms with Crippen molar-refractivity contribution in [2.75, 3.05) is 26.4 Å². The van der Waals surface area contributed by atoms with Crippen LogP contribution in [0, 0.1) is 11.3 Å². The number of rotatable bonds is 12. The maximum absolute atomic E-state index is 14.2. The van der Waals surface area contributed by atoms with E-state index in [0.717, 1.165) is 0 Å². The smallest absolute Gasteiger partial charge is 0.408 e. The maximum Gasteiger partial charge on any atom is 0.408 e. The summed E-state index contributed by atoms with van der Waals surface area (Å²) in [5, 5.41) is 9.60. The number of hydrogen-bond donors (Lipinski definition) is 3. The zero-order chi connectivity index (χ0) is 34.7. The number of nitrogens with zero attached hydrogens (tertiary/aromatic N) is 2. The van der Waals surface area contributed by atoms with Gasteiger partial charge < -0.3 is 40.3 Å². The van der Waals surface area contributed by atoms with Gasteiger partial charge in [-0.15, -0.1) is 0 Å². The minimum Gasteiger partial charge on any atom is -0.461 e. The zero-order valence-corrected chi connectivity index (χ0v) is 28.8. The van der Waals surface area contributed by atoms with Crippen LogP contribution < -0.4 is 16.4 Å². The van der Waals surface area contributed by atoms with Gasteiger partial charge in [-0.2, -0.15) is 0 Å². The lowest BCUT2D eigenvalue weighted by Gasteiger charge is -2.36. The highest BCUT2D eigenvalue weighted by atomic mass is 16.7. The predicted molar refractivity (Wildman–Crippen MR) is 170 cm³/mol. The first kappa shape index (κ1) is 38.8. The fraction of sp³-hybridized carbons (Fsp3) is 0.812. The third-order valence-electron chi connectivity index (χ3n) is 8.09. The van der Waals surface area contributed by atoms with Gasteiger partial charge in [0, 0.05) is 25.3 Å². The van der Waals surface area contributed by atoms with Crippen molar-refractivity contribution in [3.05, 3.63) is 0 Å². The first-order chi connectivity index (χ1) is 21.7. The number of esters is 1. The minimum atomic E-state index is -1.15. The summed E-state index contributed by atoms with van der Waals surface area (Å²) in [4.78, 5) is 72.7. The number of hydrogen-bond acceptors (Lipinski definition) is 10. The Bertz CT molecular complexity index is 1100. The summed E-state index contributed by atoms with van der Waals surface area (Å²) in [6.07, 6.45) is 2.33. The van der Waals surface area contributed by atoms with Crippen molar-refractivity contribution in [3.63, 3.8) is 0 Å². The topological polar surface area (TPSA) is 188 Å². The second-order valence-corrected chi connectivity index (χ2v) is 13.3. The van der Waals surface area contributed by atoms with Gasteiger partial charge in [0.15, 0.2) is 11.3 Å². The van der Waals surface area contributed by atoms with Crippen LogP contribution in [0.5, 0.6) is 0 Å². The highest BCUT2D eigenvalue weighted by Crippen LogP contribution is 2.39. The molecule has 0 aliphatic carbocycles. The Hall–Kier alpha value is -3.42. The van der Waals surface area contributed by atoms with Gasteiger partial charge in [0.25, 0.3) is 0 Å². The molecule has 14 nitrogen and oxygen atoms in total. The fourth-order valence-electron chi connectivity index (χ4n) is 5.82. The number of nitrogens with one attached hydrogen (secondary N) is 2. The maximum atomic E-state index is 14.2. The lowest BCUT2D eigenvalue weighted by molar-refractivity contribution is -0.143. The first-order valence-corrected chi connectivity index (χ1v) is 16.5. The van der Waals surface area contributed by atoms with Gasteiger partial charge in [-0.3, -0.25) is 14.4 Å². The van der Waals surface area contributed by atoms with Crippen LogP contribution in [0.15, 0.2) is 5.16 Å². The van der Waals surface area contributed by atoms with Crippen molar-refractivity contribution in [1.82, 2.24) is 15.5 Å². The molecule has 46 heavy (non-hydrogen) atoms. The summed E-state index contributed by atoms with van der Waals surface area (Å²) < 4.78 is 15.8. The first-order valence-electron chi connectivity index (χ1n) is 16.5. The number of alkyl carbamates (subject to hydrolysis) is 1. The van der Waals surface area contributed by atoms with Gasteiger partial charge >= 0.3 is 12.1 Å². The second-order valence-electron chi connectivity index (χ2n) is 13.3. The molecule has 0 bridgehead atoms. The Morgan fingerprint density at radius 2 is 1.78 bits per heavy atom. The molecule has 4 N–H and O–H groups in total. The summed E-state index contributed by atoms with van der Waals surface area (Å²) in [5.41, 5.74) is 3.78. The predicted octanol–water partition coefficient (Wildman–Crippen LogP) is 2.81. The molecular weight excluding hydrogens is 598 g/mol. The van der Waals surface area contributed by atoms with Gasteiger partial charge in [0.2, 0.25) is 17.7 Å². The molecule has 3 unspecified atom stereocenters. The molecule has 262 valence electrons. The average molecular weight is 654 g/mol. The Labute approximate surface area is 272 Å². The molecule has 4 amide bonds. The Kier molecular flexibility index (Phi) is 14.7. The fourth-order valence-corrected chi connectivity index (χ4v) is 5.82. The third kappa shape index (κ3) is 10.3. The molecule has 2 fully saturated rings. The minimum absolute atomic E-state index is 0.0317. The molecular formula is C32H55N5O9. The van der Waals surface area contributed by atoms with Crippen molar-refractivity contribution < 1.29 is 43.0 Å². The van der Waals surface area contributed by atoms with E-state index < -0.39 is 70.9 Å². The number of carbonyl (C=O) groups excluding carboxylic acids is 5. The Morgan fingerprint density at radius 3 is 2.30 bits per heavy atom. The van der Waals surface area contributed by atoms with E-state index in [0.29, 0.717) is 32.3 Å². The highest BCUT2D eigenvalue weighted by molar-refractivity contribution is 6.36. The third-order valence-corrected chi connectivity index (χ3v) is 8.09. The van der Waals surface area contributed by atoms with Crippen molar-refractivity contribution in [2.24, 2.45) is 22.2 Å². The second kappa shape index (κ2) is 17.5. The van der Waals surface area contributed by atoms with Crippen LogP contribution in [0.3, 0.4) is 0 Å². The normalized spacial score (nSPS) is 24.1. The molecule has 0 radical (unpaired) electrons. The molecule has 6 atom stereocenters. The molecule has 3 rings (SSSR count). The van der Waals surface area contributed by atoms with E-state index in [4.69, 9.17) is 24.8 Å². The van der Waals surface area contributed by atoms with Crippen molar-refractivity contribution in [2.45, 2.75) is 130 Å². The molecule has 3 aliphatic heterocycles. The SMILES string of the molecule is CCC.CCC[C@H](NC(=O)C1C[C@]2(CC(C(=O)OCC)=NO2)CN1C(=O)C(NC(=O)O[C@H]1CCOC1)C(C)(C)C)C(CC)C(N)=O. The van der Waals surface area contributed by atoms with Crippen LogP contribution in [0.25, 0.3) is 0 Å². The van der Waals surface area contributed by atoms with E-state index in [1.54, 1.807) is 27.7 Å². The summed E-state index contributed by atoms with van der Waals surface area (Å²) in [5.74, 6) is -2.76. The van der Waals surface area contributed by atoms with Gasteiger partial charge in [-0.05, 0) is 25.2 Å². The van der Waals surface area contributed by atoms with Crippen molar-refractivity contribution in [1.29, 1.82) is 0 Å². The lowest BCUT2D eigenvalue weighted by Crippen LogP contribution is -2.59. The van der Waals surface area contributed by atoms with E-state index in [-0.39, 0.29) is 38.3 Å². The van der Waals surface area contributed by atoms with E-state index in [2.05, 4.69) is 29.6 Å². The quantitative estimate of drug-likeness (QED) is 0.266. The van der Waals surface area contributed by atoms with Crippen molar-refractivity contribution >= 4 is 35.5 Å².